The topological polar surface area (TPSA) is 9.23 Å². The second kappa shape index (κ2) is 15.8. The summed E-state index contributed by atoms with van der Waals surface area (Å²) in [6, 6.07) is 61.8. The molecule has 0 saturated carbocycles. The van der Waals surface area contributed by atoms with Crippen molar-refractivity contribution in [1.82, 2.24) is 0 Å². The van der Waals surface area contributed by atoms with Gasteiger partial charge in [-0.2, -0.15) is 0 Å². The maximum absolute atomic E-state index is 6.20. The minimum Gasteiger partial charge on any atom is -0.496 e. The molecule has 57 heavy (non-hydrogen) atoms. The number of rotatable bonds is 8. The Morgan fingerprint density at radius 3 is 1.88 bits per heavy atom. The molecule has 0 N–H and O–H groups in total. The van der Waals surface area contributed by atoms with E-state index in [1.807, 2.05) is 0 Å². The van der Waals surface area contributed by atoms with E-state index < -0.39 is 5.41 Å². The lowest BCUT2D eigenvalue weighted by atomic mass is 9.60. The van der Waals surface area contributed by atoms with E-state index in [0.29, 0.717) is 0 Å². The molecule has 7 aromatic carbocycles. The maximum Gasteiger partial charge on any atom is 0.123 e. The monoisotopic (exact) mass is 734 g/mol. The van der Waals surface area contributed by atoms with Crippen LogP contribution in [0.5, 0.6) is 5.75 Å². The van der Waals surface area contributed by atoms with Gasteiger partial charge in [0.15, 0.2) is 0 Å². The van der Waals surface area contributed by atoms with E-state index in [1.165, 1.54) is 66.8 Å². The predicted molar refractivity (Wildman–Crippen MR) is 240 cm³/mol. The van der Waals surface area contributed by atoms with Gasteiger partial charge in [0.1, 0.15) is 5.75 Å². The third-order valence-corrected chi connectivity index (χ3v) is 11.8. The van der Waals surface area contributed by atoms with Crippen LogP contribution in [0.3, 0.4) is 0 Å². The van der Waals surface area contributed by atoms with Gasteiger partial charge in [-0.3, -0.25) is 0 Å². The highest BCUT2D eigenvalue weighted by atomic mass is 16.5. The molecule has 0 fully saturated rings. The van der Waals surface area contributed by atoms with Crippen LogP contribution in [0.1, 0.15) is 51.8 Å². The van der Waals surface area contributed by atoms with Crippen molar-refractivity contribution in [3.05, 3.63) is 245 Å². The summed E-state index contributed by atoms with van der Waals surface area (Å²) in [5.74, 6) is 0.856. The second-order valence-corrected chi connectivity index (χ2v) is 15.2. The van der Waals surface area contributed by atoms with Crippen molar-refractivity contribution in [2.75, 3.05) is 7.11 Å². The SMILES string of the molecule is C=C1c2ccccc2/C=C\Cc2ccc(-c3cccc(-c4ccc(Cc5ccc(-c6ccccc6)cc5)cc4)c3)cc2C1(C1=CCCC=C1)c1ccccc1OC. The molecule has 0 bridgehead atoms. The largest absolute Gasteiger partial charge is 0.496 e. The fourth-order valence-corrected chi connectivity index (χ4v) is 8.89. The minimum absolute atomic E-state index is 0.702. The van der Waals surface area contributed by atoms with E-state index in [4.69, 9.17) is 11.3 Å². The first-order valence-electron chi connectivity index (χ1n) is 20.1. The molecule has 9 rings (SSSR count). The van der Waals surface area contributed by atoms with Crippen molar-refractivity contribution >= 4 is 11.6 Å². The molecule has 0 amide bonds. The summed E-state index contributed by atoms with van der Waals surface area (Å²) in [6.07, 6.45) is 15.3. The van der Waals surface area contributed by atoms with Gasteiger partial charge >= 0.3 is 0 Å². The Hall–Kier alpha value is -6.70. The fourth-order valence-electron chi connectivity index (χ4n) is 8.89. The van der Waals surface area contributed by atoms with Crippen LogP contribution >= 0.6 is 0 Å². The highest BCUT2D eigenvalue weighted by Gasteiger charge is 2.45. The van der Waals surface area contributed by atoms with E-state index in [-0.39, 0.29) is 0 Å². The molecule has 2 aliphatic carbocycles. The fraction of sp³-hybridized carbons (Fsp3) is 0.107. The Morgan fingerprint density at radius 2 is 1.14 bits per heavy atom. The highest BCUT2D eigenvalue weighted by molar-refractivity contribution is 5.90. The van der Waals surface area contributed by atoms with Crippen LogP contribution in [0.15, 0.2) is 206 Å². The molecule has 276 valence electrons. The van der Waals surface area contributed by atoms with Gasteiger partial charge in [0.25, 0.3) is 0 Å². The molecular formula is C56H46O. The van der Waals surface area contributed by atoms with E-state index >= 15 is 0 Å². The van der Waals surface area contributed by atoms with Crippen molar-refractivity contribution in [3.8, 4) is 39.1 Å². The lowest BCUT2D eigenvalue weighted by Gasteiger charge is -2.42. The molecule has 2 aliphatic rings. The van der Waals surface area contributed by atoms with Crippen LogP contribution in [0, 0.1) is 0 Å². The Morgan fingerprint density at radius 1 is 0.526 bits per heavy atom. The zero-order valence-corrected chi connectivity index (χ0v) is 32.5. The molecule has 0 saturated heterocycles. The number of benzene rings is 7. The van der Waals surface area contributed by atoms with Gasteiger partial charge in [0.2, 0.25) is 0 Å². The zero-order chi connectivity index (χ0) is 38.6. The number of para-hydroxylation sites is 1. The van der Waals surface area contributed by atoms with Gasteiger partial charge in [-0.15, -0.1) is 0 Å². The summed E-state index contributed by atoms with van der Waals surface area (Å²) in [6.45, 7) is 5.02. The summed E-state index contributed by atoms with van der Waals surface area (Å²) in [5, 5.41) is 0. The second-order valence-electron chi connectivity index (χ2n) is 15.2. The van der Waals surface area contributed by atoms with Crippen LogP contribution in [-0.4, -0.2) is 7.11 Å². The van der Waals surface area contributed by atoms with Crippen molar-refractivity contribution < 1.29 is 4.74 Å². The summed E-state index contributed by atoms with van der Waals surface area (Å²) in [5.41, 5.74) is 17.4. The third-order valence-electron chi connectivity index (χ3n) is 11.8. The molecule has 0 aromatic heterocycles. The molecule has 1 atom stereocenters. The normalized spacial score (nSPS) is 16.6. The number of hydrogen-bond acceptors (Lipinski definition) is 1. The van der Waals surface area contributed by atoms with Crippen molar-refractivity contribution in [1.29, 1.82) is 0 Å². The van der Waals surface area contributed by atoms with E-state index in [0.717, 1.165) is 48.1 Å². The summed E-state index contributed by atoms with van der Waals surface area (Å²) in [7, 11) is 1.78. The van der Waals surface area contributed by atoms with Crippen molar-refractivity contribution in [3.63, 3.8) is 0 Å². The molecule has 1 nitrogen and oxygen atoms in total. The van der Waals surface area contributed by atoms with Crippen LogP contribution in [0.2, 0.25) is 0 Å². The highest BCUT2D eigenvalue weighted by Crippen LogP contribution is 2.55. The van der Waals surface area contributed by atoms with Crippen LogP contribution in [0.25, 0.3) is 45.0 Å². The number of ether oxygens (including phenoxy) is 1. The molecule has 1 heteroatoms. The van der Waals surface area contributed by atoms with Gasteiger partial charge in [-0.1, -0.05) is 189 Å². The molecule has 0 radical (unpaired) electrons. The number of methoxy groups -OCH3 is 1. The summed E-state index contributed by atoms with van der Waals surface area (Å²) in [4.78, 5) is 0. The Labute approximate surface area is 337 Å². The van der Waals surface area contributed by atoms with Gasteiger partial charge in [-0.05, 0) is 122 Å². The smallest absolute Gasteiger partial charge is 0.123 e. The maximum atomic E-state index is 6.20. The van der Waals surface area contributed by atoms with Crippen molar-refractivity contribution in [2.45, 2.75) is 31.1 Å². The molecule has 0 heterocycles. The number of hydrogen-bond donors (Lipinski definition) is 0. The molecule has 1 unspecified atom stereocenters. The van der Waals surface area contributed by atoms with Gasteiger partial charge < -0.3 is 4.74 Å². The minimum atomic E-state index is -0.702. The lowest BCUT2D eigenvalue weighted by molar-refractivity contribution is 0.406. The van der Waals surface area contributed by atoms with E-state index in [9.17, 15) is 0 Å². The van der Waals surface area contributed by atoms with Crippen LogP contribution in [-0.2, 0) is 18.3 Å². The molecule has 0 spiro atoms. The first-order valence-corrected chi connectivity index (χ1v) is 20.1. The average molecular weight is 735 g/mol. The van der Waals surface area contributed by atoms with Gasteiger partial charge in [0.05, 0.1) is 12.5 Å². The Bertz CT molecular complexity index is 2650. The van der Waals surface area contributed by atoms with E-state index in [2.05, 4.69) is 200 Å². The van der Waals surface area contributed by atoms with Crippen LogP contribution < -0.4 is 4.74 Å². The molecular weight excluding hydrogens is 689 g/mol. The first kappa shape index (κ1) is 36.0. The lowest BCUT2D eigenvalue weighted by Crippen LogP contribution is -2.33. The van der Waals surface area contributed by atoms with Crippen LogP contribution in [0.4, 0.5) is 0 Å². The summed E-state index contributed by atoms with van der Waals surface area (Å²) < 4.78 is 6.20. The van der Waals surface area contributed by atoms with Gasteiger partial charge in [-0.25, -0.2) is 0 Å². The average Bonchev–Trinajstić information content (AvgIpc) is 3.33. The zero-order valence-electron chi connectivity index (χ0n) is 32.5. The molecule has 7 aromatic rings. The Balaban J connectivity index is 1.11. The first-order chi connectivity index (χ1) is 28.1. The Kier molecular flexibility index (Phi) is 9.97. The molecule has 0 aliphatic heterocycles. The summed E-state index contributed by atoms with van der Waals surface area (Å²) >= 11 is 0. The predicted octanol–water partition coefficient (Wildman–Crippen LogP) is 14.1. The van der Waals surface area contributed by atoms with Gasteiger partial charge in [0, 0.05) is 5.56 Å². The number of allylic oxidation sites excluding steroid dienone is 6. The quantitative estimate of drug-likeness (QED) is 0.151. The van der Waals surface area contributed by atoms with E-state index in [1.54, 1.807) is 7.11 Å². The number of fused-ring (bicyclic) bond motifs is 2. The van der Waals surface area contributed by atoms with Crippen molar-refractivity contribution in [2.24, 2.45) is 0 Å². The standard InChI is InChI=1S/C56H46O/c1-40-52-24-10-9-17-46(52)18-13-19-47-35-36-50(39-54(47)56(40,51-22-7-4-8-23-51)53-25-11-12-26-55(53)57-2)49-21-14-20-48(38-49)45-33-29-42(30-34-45)37-41-27-31-44(32-28-41)43-15-5-3-6-16-43/h3,5-7,9-18,20-36,38-39H,1,4,8,19,37H2,2H3/b18-13-. The third kappa shape index (κ3) is 6.91.